The maximum absolute atomic E-state index is 4.95. The highest BCUT2D eigenvalue weighted by atomic mass is 32.1. The van der Waals surface area contributed by atoms with Crippen LogP contribution in [0.25, 0.3) is 75.9 Å². The molecule has 3 aromatic heterocycles. The number of fused-ring (bicyclic) bond motifs is 7. The first-order valence-corrected chi connectivity index (χ1v) is 18.2. The van der Waals surface area contributed by atoms with Gasteiger partial charge in [-0.1, -0.05) is 146 Å². The SMILES string of the molecule is CC(/C=C\C=C/Cc1nc(-c2ccccc2)nc(-c2cccc(-c3ccccc3)c2)n1)n1c2ccccc2c2ccc3sc4ccccc4c3c21. The summed E-state index contributed by atoms with van der Waals surface area (Å²) in [7, 11) is 0. The molecule has 51 heavy (non-hydrogen) atoms. The normalized spacial score (nSPS) is 12.6. The molecule has 9 aromatic rings. The molecular weight excluding hydrogens is 641 g/mol. The lowest BCUT2D eigenvalue weighted by molar-refractivity contribution is 0.712. The van der Waals surface area contributed by atoms with Crippen LogP contribution in [0, 0.1) is 0 Å². The van der Waals surface area contributed by atoms with E-state index >= 15 is 0 Å². The lowest BCUT2D eigenvalue weighted by Gasteiger charge is -2.14. The third-order valence-electron chi connectivity index (χ3n) is 9.50. The van der Waals surface area contributed by atoms with Gasteiger partial charge in [-0.3, -0.25) is 0 Å². The third-order valence-corrected chi connectivity index (χ3v) is 10.6. The predicted octanol–water partition coefficient (Wildman–Crippen LogP) is 12.3. The molecule has 244 valence electrons. The van der Waals surface area contributed by atoms with E-state index in [0.29, 0.717) is 18.1 Å². The van der Waals surface area contributed by atoms with E-state index in [4.69, 9.17) is 15.0 Å². The molecule has 0 saturated carbocycles. The Labute approximate surface area is 300 Å². The maximum atomic E-state index is 4.95. The zero-order valence-corrected chi connectivity index (χ0v) is 29.0. The Hall–Kier alpha value is -6.17. The van der Waals surface area contributed by atoms with Crippen molar-refractivity contribution >= 4 is 53.3 Å². The van der Waals surface area contributed by atoms with Crippen LogP contribution in [0.15, 0.2) is 170 Å². The van der Waals surface area contributed by atoms with Crippen molar-refractivity contribution in [3.63, 3.8) is 0 Å². The van der Waals surface area contributed by atoms with E-state index < -0.39 is 0 Å². The van der Waals surface area contributed by atoms with Crippen LogP contribution < -0.4 is 0 Å². The van der Waals surface area contributed by atoms with Crippen LogP contribution in [0.1, 0.15) is 18.8 Å². The Morgan fingerprint density at radius 2 is 1.24 bits per heavy atom. The van der Waals surface area contributed by atoms with Crippen LogP contribution in [-0.2, 0) is 6.42 Å². The maximum Gasteiger partial charge on any atom is 0.163 e. The van der Waals surface area contributed by atoms with Crippen molar-refractivity contribution in [2.75, 3.05) is 0 Å². The first kappa shape index (κ1) is 30.9. The lowest BCUT2D eigenvalue weighted by atomic mass is 10.0. The Morgan fingerprint density at radius 3 is 2.06 bits per heavy atom. The molecule has 0 fully saturated rings. The number of aromatic nitrogens is 4. The number of nitrogens with zero attached hydrogens (tertiary/aromatic N) is 4. The lowest BCUT2D eigenvalue weighted by Crippen LogP contribution is -2.02. The molecule has 0 amide bonds. The number of para-hydroxylation sites is 1. The molecule has 1 unspecified atom stereocenters. The van der Waals surface area contributed by atoms with Crippen molar-refractivity contribution in [2.45, 2.75) is 19.4 Å². The van der Waals surface area contributed by atoms with Gasteiger partial charge in [0, 0.05) is 60.1 Å². The first-order valence-electron chi connectivity index (χ1n) is 17.3. The third kappa shape index (κ3) is 5.82. The summed E-state index contributed by atoms with van der Waals surface area (Å²) in [5.74, 6) is 2.08. The highest BCUT2D eigenvalue weighted by Crippen LogP contribution is 2.43. The molecule has 6 aromatic carbocycles. The molecule has 4 nitrogen and oxygen atoms in total. The van der Waals surface area contributed by atoms with Crippen molar-refractivity contribution < 1.29 is 0 Å². The second-order valence-electron chi connectivity index (χ2n) is 12.8. The average molecular weight is 675 g/mol. The van der Waals surface area contributed by atoms with Crippen molar-refractivity contribution in [3.05, 3.63) is 176 Å². The van der Waals surface area contributed by atoms with E-state index in [1.54, 1.807) is 0 Å². The van der Waals surface area contributed by atoms with E-state index in [1.165, 1.54) is 42.0 Å². The van der Waals surface area contributed by atoms with Crippen molar-refractivity contribution in [1.82, 2.24) is 19.5 Å². The number of allylic oxidation sites excluding steroid dienone is 4. The smallest absolute Gasteiger partial charge is 0.163 e. The second-order valence-corrected chi connectivity index (χ2v) is 13.9. The molecule has 5 heteroatoms. The Bertz CT molecular complexity index is 2740. The number of hydrogen-bond acceptors (Lipinski definition) is 4. The molecule has 0 aliphatic carbocycles. The fraction of sp³-hybridized carbons (Fsp3) is 0.0652. The van der Waals surface area contributed by atoms with Crippen molar-refractivity contribution in [1.29, 1.82) is 0 Å². The van der Waals surface area contributed by atoms with Gasteiger partial charge in [0.25, 0.3) is 0 Å². The van der Waals surface area contributed by atoms with Gasteiger partial charge in [-0.2, -0.15) is 0 Å². The molecule has 0 aliphatic rings. The minimum Gasteiger partial charge on any atom is -0.333 e. The number of rotatable bonds is 8. The highest BCUT2D eigenvalue weighted by Gasteiger charge is 2.18. The highest BCUT2D eigenvalue weighted by molar-refractivity contribution is 7.26. The summed E-state index contributed by atoms with van der Waals surface area (Å²) in [4.78, 5) is 14.8. The van der Waals surface area contributed by atoms with Crippen molar-refractivity contribution in [3.8, 4) is 33.9 Å². The summed E-state index contributed by atoms with van der Waals surface area (Å²) in [6, 6.07) is 51.2. The van der Waals surface area contributed by atoms with Gasteiger partial charge in [0.05, 0.1) is 5.52 Å². The van der Waals surface area contributed by atoms with Crippen molar-refractivity contribution in [2.24, 2.45) is 0 Å². The van der Waals surface area contributed by atoms with Crippen LogP contribution in [0.3, 0.4) is 0 Å². The van der Waals surface area contributed by atoms with Crippen LogP contribution in [0.4, 0.5) is 0 Å². The van der Waals surface area contributed by atoms with E-state index in [-0.39, 0.29) is 6.04 Å². The molecule has 1 atom stereocenters. The average Bonchev–Trinajstić information content (AvgIpc) is 3.74. The molecular formula is C46H34N4S. The van der Waals surface area contributed by atoms with Gasteiger partial charge in [0.1, 0.15) is 5.82 Å². The summed E-state index contributed by atoms with van der Waals surface area (Å²) in [6.45, 7) is 2.28. The Balaban J connectivity index is 1.04. The summed E-state index contributed by atoms with van der Waals surface area (Å²) in [5.41, 5.74) is 6.78. The van der Waals surface area contributed by atoms with Gasteiger partial charge in [-0.25, -0.2) is 15.0 Å². The zero-order valence-electron chi connectivity index (χ0n) is 28.1. The quantitative estimate of drug-likeness (QED) is 0.151. The summed E-state index contributed by atoms with van der Waals surface area (Å²) in [5, 5.41) is 5.25. The molecule has 0 bridgehead atoms. The molecule has 0 spiro atoms. The van der Waals surface area contributed by atoms with E-state index in [0.717, 1.165) is 28.1 Å². The van der Waals surface area contributed by atoms with Gasteiger partial charge in [0.15, 0.2) is 11.6 Å². The largest absolute Gasteiger partial charge is 0.333 e. The van der Waals surface area contributed by atoms with Crippen LogP contribution in [0.5, 0.6) is 0 Å². The minimum atomic E-state index is 0.131. The van der Waals surface area contributed by atoms with Crippen LogP contribution in [0.2, 0.25) is 0 Å². The van der Waals surface area contributed by atoms with Gasteiger partial charge in [0.2, 0.25) is 0 Å². The van der Waals surface area contributed by atoms with Crippen LogP contribution >= 0.6 is 11.3 Å². The molecule has 0 N–H and O–H groups in total. The molecule has 0 saturated heterocycles. The number of hydrogen-bond donors (Lipinski definition) is 0. The topological polar surface area (TPSA) is 43.6 Å². The molecule has 9 rings (SSSR count). The molecule has 0 radical (unpaired) electrons. The fourth-order valence-electron chi connectivity index (χ4n) is 7.11. The molecule has 3 heterocycles. The predicted molar refractivity (Wildman–Crippen MR) is 215 cm³/mol. The van der Waals surface area contributed by atoms with Gasteiger partial charge in [-0.05, 0) is 42.3 Å². The van der Waals surface area contributed by atoms with Gasteiger partial charge < -0.3 is 4.57 Å². The van der Waals surface area contributed by atoms with Gasteiger partial charge >= 0.3 is 0 Å². The van der Waals surface area contributed by atoms with E-state index in [1.807, 2.05) is 47.7 Å². The van der Waals surface area contributed by atoms with Gasteiger partial charge in [-0.15, -0.1) is 11.3 Å². The zero-order chi connectivity index (χ0) is 34.1. The summed E-state index contributed by atoms with van der Waals surface area (Å²) in [6.07, 6.45) is 9.26. The van der Waals surface area contributed by atoms with E-state index in [9.17, 15) is 0 Å². The Kier molecular flexibility index (Phi) is 8.03. The summed E-state index contributed by atoms with van der Waals surface area (Å²) < 4.78 is 5.15. The second kappa shape index (κ2) is 13.3. The molecule has 0 aliphatic heterocycles. The Morgan fingerprint density at radius 1 is 0.569 bits per heavy atom. The fourth-order valence-corrected chi connectivity index (χ4v) is 8.22. The number of thiophene rings is 1. The number of benzene rings is 6. The minimum absolute atomic E-state index is 0.131. The van der Waals surface area contributed by atoms with Crippen LogP contribution in [-0.4, -0.2) is 19.5 Å². The van der Waals surface area contributed by atoms with E-state index in [2.05, 4.69) is 145 Å². The monoisotopic (exact) mass is 674 g/mol. The standard InChI is InChI=1S/C46H34N4S/c1-31(50-39-25-13-11-23-36(39)37-28-29-41-43(44(37)50)38-24-12-14-26-40(38)51-41)16-5-2-10-27-42-47-45(33-19-8-4-9-20-33)49-46(48-42)35-22-15-21-34(30-35)32-17-6-3-7-18-32/h2-26,28-31H,27H2,1H3/b10-2-,16-5-. The first-order chi connectivity index (χ1) is 25.2. The summed E-state index contributed by atoms with van der Waals surface area (Å²) >= 11 is 1.87.